The molecule has 4 N–H and O–H groups in total. The zero-order valence-electron chi connectivity index (χ0n) is 10.1. The highest BCUT2D eigenvalue weighted by Gasteiger charge is 2.21. The predicted octanol–water partition coefficient (Wildman–Crippen LogP) is 0.792. The maximum Gasteiger partial charge on any atom is 0.186 e. The largest absolute Gasteiger partial charge is 0.496 e. The molecule has 17 heavy (non-hydrogen) atoms. The third kappa shape index (κ3) is 2.43. The highest BCUT2D eigenvalue weighted by Crippen LogP contribution is 2.35. The summed E-state index contributed by atoms with van der Waals surface area (Å²) in [5.74, 6) is 1.77. The van der Waals surface area contributed by atoms with Gasteiger partial charge in [0, 0.05) is 17.5 Å². The van der Waals surface area contributed by atoms with Gasteiger partial charge < -0.3 is 20.9 Å². The Bertz CT molecular complexity index is 453. The SMILES string of the molecule is COc1cc2c(cc1CN=C(N)N)OC(C)C2. The van der Waals surface area contributed by atoms with Crippen molar-refractivity contribution in [2.24, 2.45) is 16.5 Å². The van der Waals surface area contributed by atoms with Crippen molar-refractivity contribution in [2.45, 2.75) is 26.0 Å². The number of aliphatic imine (C=N–C) groups is 1. The smallest absolute Gasteiger partial charge is 0.186 e. The van der Waals surface area contributed by atoms with E-state index in [9.17, 15) is 0 Å². The van der Waals surface area contributed by atoms with Crippen LogP contribution in [0.4, 0.5) is 0 Å². The minimum Gasteiger partial charge on any atom is -0.496 e. The van der Waals surface area contributed by atoms with Crippen molar-refractivity contribution in [3.05, 3.63) is 23.3 Å². The molecular formula is C12H17N3O2. The minimum absolute atomic E-state index is 0.0711. The average molecular weight is 235 g/mol. The van der Waals surface area contributed by atoms with Crippen LogP contribution in [0.15, 0.2) is 17.1 Å². The second-order valence-electron chi connectivity index (χ2n) is 4.15. The molecule has 5 heteroatoms. The molecule has 0 amide bonds. The van der Waals surface area contributed by atoms with Gasteiger partial charge in [-0.1, -0.05) is 0 Å². The Balaban J connectivity index is 2.32. The fourth-order valence-electron chi connectivity index (χ4n) is 1.97. The van der Waals surface area contributed by atoms with Crippen LogP contribution in [-0.2, 0) is 13.0 Å². The Labute approximate surface area is 100 Å². The maximum absolute atomic E-state index is 5.69. The molecule has 0 saturated heterocycles. The van der Waals surface area contributed by atoms with Crippen molar-refractivity contribution in [3.63, 3.8) is 0 Å². The summed E-state index contributed by atoms with van der Waals surface area (Å²) in [5.41, 5.74) is 12.7. The Hall–Kier alpha value is -1.91. The van der Waals surface area contributed by atoms with Gasteiger partial charge in [0.05, 0.1) is 13.7 Å². The molecule has 0 aromatic heterocycles. The predicted molar refractivity (Wildman–Crippen MR) is 66.3 cm³/mol. The van der Waals surface area contributed by atoms with E-state index < -0.39 is 0 Å². The summed E-state index contributed by atoms with van der Waals surface area (Å²) in [7, 11) is 1.64. The van der Waals surface area contributed by atoms with Crippen LogP contribution in [0, 0.1) is 0 Å². The first kappa shape index (κ1) is 11.6. The first-order valence-electron chi connectivity index (χ1n) is 5.52. The molecule has 1 atom stereocenters. The number of fused-ring (bicyclic) bond motifs is 1. The van der Waals surface area contributed by atoms with Gasteiger partial charge in [-0.2, -0.15) is 0 Å². The van der Waals surface area contributed by atoms with Gasteiger partial charge in [0.2, 0.25) is 0 Å². The Morgan fingerprint density at radius 2 is 2.29 bits per heavy atom. The monoisotopic (exact) mass is 235 g/mol. The highest BCUT2D eigenvalue weighted by atomic mass is 16.5. The van der Waals surface area contributed by atoms with Crippen LogP contribution in [0.5, 0.6) is 11.5 Å². The number of nitrogens with two attached hydrogens (primary N) is 2. The topological polar surface area (TPSA) is 82.9 Å². The Morgan fingerprint density at radius 3 is 2.94 bits per heavy atom. The van der Waals surface area contributed by atoms with Crippen LogP contribution in [0.2, 0.25) is 0 Å². The quantitative estimate of drug-likeness (QED) is 0.599. The number of rotatable bonds is 3. The van der Waals surface area contributed by atoms with E-state index in [0.29, 0.717) is 6.54 Å². The van der Waals surface area contributed by atoms with Gasteiger partial charge in [0.25, 0.3) is 0 Å². The zero-order valence-corrected chi connectivity index (χ0v) is 10.1. The normalized spacial score (nSPS) is 17.2. The van der Waals surface area contributed by atoms with Gasteiger partial charge in [-0.15, -0.1) is 0 Å². The number of hydrogen-bond donors (Lipinski definition) is 2. The molecule has 0 saturated carbocycles. The summed E-state index contributed by atoms with van der Waals surface area (Å²) in [6.07, 6.45) is 1.13. The fraction of sp³-hybridized carbons (Fsp3) is 0.417. The number of benzene rings is 1. The van der Waals surface area contributed by atoms with Crippen LogP contribution in [0.3, 0.4) is 0 Å². The van der Waals surface area contributed by atoms with E-state index in [1.807, 2.05) is 19.1 Å². The second-order valence-corrected chi connectivity index (χ2v) is 4.15. The Morgan fingerprint density at radius 1 is 1.53 bits per heavy atom. The lowest BCUT2D eigenvalue weighted by Crippen LogP contribution is -2.22. The van der Waals surface area contributed by atoms with Gasteiger partial charge in [-0.3, -0.25) is 0 Å². The van der Waals surface area contributed by atoms with E-state index >= 15 is 0 Å². The molecule has 0 fully saturated rings. The lowest BCUT2D eigenvalue weighted by atomic mass is 10.1. The summed E-state index contributed by atoms with van der Waals surface area (Å²) in [6, 6.07) is 3.94. The van der Waals surface area contributed by atoms with Gasteiger partial charge in [0.15, 0.2) is 5.96 Å². The highest BCUT2D eigenvalue weighted by molar-refractivity contribution is 5.75. The second kappa shape index (κ2) is 4.53. The molecule has 1 aromatic rings. The molecule has 92 valence electrons. The average Bonchev–Trinajstić information content (AvgIpc) is 2.63. The molecule has 1 aliphatic rings. The molecule has 5 nitrogen and oxygen atoms in total. The molecule has 2 rings (SSSR count). The first-order valence-corrected chi connectivity index (χ1v) is 5.52. The van der Waals surface area contributed by atoms with Crippen LogP contribution in [-0.4, -0.2) is 19.2 Å². The van der Waals surface area contributed by atoms with Crippen molar-refractivity contribution in [1.29, 1.82) is 0 Å². The van der Waals surface area contributed by atoms with E-state index in [-0.39, 0.29) is 12.1 Å². The number of hydrogen-bond acceptors (Lipinski definition) is 3. The van der Waals surface area contributed by atoms with Crippen molar-refractivity contribution in [2.75, 3.05) is 7.11 Å². The number of ether oxygens (including phenoxy) is 2. The molecule has 0 aliphatic carbocycles. The van der Waals surface area contributed by atoms with E-state index in [4.69, 9.17) is 20.9 Å². The third-order valence-electron chi connectivity index (χ3n) is 2.73. The van der Waals surface area contributed by atoms with Crippen LogP contribution in [0.1, 0.15) is 18.1 Å². The molecule has 1 aromatic carbocycles. The third-order valence-corrected chi connectivity index (χ3v) is 2.73. The molecule has 0 radical (unpaired) electrons. The summed E-state index contributed by atoms with van der Waals surface area (Å²) in [6.45, 7) is 2.44. The standard InChI is InChI=1S/C12H17N3O2/c1-7-3-8-4-10(16-2)9(5-11(8)17-7)6-15-12(13)14/h4-5,7H,3,6H2,1-2H3,(H4,13,14,15). The molecule has 0 bridgehead atoms. The molecule has 1 aliphatic heterocycles. The summed E-state index contributed by atoms with van der Waals surface area (Å²) in [5, 5.41) is 0. The lowest BCUT2D eigenvalue weighted by Gasteiger charge is -2.09. The lowest BCUT2D eigenvalue weighted by molar-refractivity contribution is 0.254. The minimum atomic E-state index is 0.0711. The van der Waals surface area contributed by atoms with Crippen molar-refractivity contribution in [1.82, 2.24) is 0 Å². The summed E-state index contributed by atoms with van der Waals surface area (Å²) >= 11 is 0. The maximum atomic E-state index is 5.69. The molecule has 1 heterocycles. The van der Waals surface area contributed by atoms with Crippen LogP contribution >= 0.6 is 0 Å². The van der Waals surface area contributed by atoms with Gasteiger partial charge in [-0.05, 0) is 19.1 Å². The zero-order chi connectivity index (χ0) is 12.4. The number of guanidine groups is 1. The van der Waals surface area contributed by atoms with Crippen molar-refractivity contribution < 1.29 is 9.47 Å². The first-order chi connectivity index (χ1) is 8.10. The number of nitrogens with zero attached hydrogens (tertiary/aromatic N) is 1. The van der Waals surface area contributed by atoms with Crippen molar-refractivity contribution >= 4 is 5.96 Å². The van der Waals surface area contributed by atoms with E-state index in [1.165, 1.54) is 5.56 Å². The van der Waals surface area contributed by atoms with Gasteiger partial charge in [-0.25, -0.2) is 4.99 Å². The van der Waals surface area contributed by atoms with Gasteiger partial charge in [0.1, 0.15) is 17.6 Å². The number of methoxy groups -OCH3 is 1. The molecular weight excluding hydrogens is 218 g/mol. The summed E-state index contributed by atoms with van der Waals surface area (Å²) in [4.78, 5) is 3.98. The van der Waals surface area contributed by atoms with E-state index in [1.54, 1.807) is 7.11 Å². The Kier molecular flexibility index (Phi) is 3.08. The molecule has 0 spiro atoms. The van der Waals surface area contributed by atoms with Crippen molar-refractivity contribution in [3.8, 4) is 11.5 Å². The van der Waals surface area contributed by atoms with Gasteiger partial charge >= 0.3 is 0 Å². The fourth-order valence-corrected chi connectivity index (χ4v) is 1.97. The molecule has 1 unspecified atom stereocenters. The van der Waals surface area contributed by atoms with E-state index in [2.05, 4.69) is 4.99 Å². The van der Waals surface area contributed by atoms with Crippen LogP contribution in [0.25, 0.3) is 0 Å². The van der Waals surface area contributed by atoms with Crippen LogP contribution < -0.4 is 20.9 Å². The van der Waals surface area contributed by atoms with E-state index in [0.717, 1.165) is 23.5 Å². The summed E-state index contributed by atoms with van der Waals surface area (Å²) < 4.78 is 11.0.